The molecule has 0 saturated heterocycles. The summed E-state index contributed by atoms with van der Waals surface area (Å²) >= 11 is 0. The van der Waals surface area contributed by atoms with E-state index in [0.29, 0.717) is 0 Å². The van der Waals surface area contributed by atoms with Gasteiger partial charge in [-0.3, -0.25) is 0 Å². The van der Waals surface area contributed by atoms with Crippen LogP contribution >= 0.6 is 0 Å². The van der Waals surface area contributed by atoms with E-state index in [1.807, 2.05) is 0 Å². The molecular weight excluding hydrogens is 230 g/mol. The minimum absolute atomic E-state index is 0.450. The predicted molar refractivity (Wildman–Crippen MR) is 72.1 cm³/mol. The summed E-state index contributed by atoms with van der Waals surface area (Å²) in [6.07, 6.45) is 1.47. The summed E-state index contributed by atoms with van der Waals surface area (Å²) in [6, 6.07) is -0.450. The first-order chi connectivity index (χ1) is 8.26. The molecule has 2 N–H and O–H groups in total. The molecule has 0 spiro atoms. The fourth-order valence-electron chi connectivity index (χ4n) is 1.14. The highest BCUT2D eigenvalue weighted by atomic mass is 16.6. The van der Waals surface area contributed by atoms with Gasteiger partial charge in [0.2, 0.25) is 0 Å². The Labute approximate surface area is 110 Å². The Morgan fingerprint density at radius 3 is 2.56 bits per heavy atom. The van der Waals surface area contributed by atoms with Crippen molar-refractivity contribution in [3.8, 4) is 11.8 Å². The number of amides is 1. The summed E-state index contributed by atoms with van der Waals surface area (Å²) in [7, 11) is 0. The van der Waals surface area contributed by atoms with Gasteiger partial charge in [0.05, 0.1) is 6.04 Å². The van der Waals surface area contributed by atoms with Gasteiger partial charge in [0.15, 0.2) is 0 Å². The van der Waals surface area contributed by atoms with Crippen LogP contribution < -0.4 is 5.32 Å². The first-order valence-corrected chi connectivity index (χ1v) is 6.42. The van der Waals surface area contributed by atoms with Gasteiger partial charge in [0, 0.05) is 6.42 Å². The summed E-state index contributed by atoms with van der Waals surface area (Å²) < 4.78 is 5.09. The topological polar surface area (TPSA) is 58.6 Å². The quantitative estimate of drug-likeness (QED) is 0.599. The van der Waals surface area contributed by atoms with Crippen LogP contribution in [0.25, 0.3) is 0 Å². The van der Waals surface area contributed by atoms with E-state index in [0.717, 1.165) is 19.3 Å². The number of carbonyl (C=O) groups is 1. The average Bonchev–Trinajstić information content (AvgIpc) is 2.21. The van der Waals surface area contributed by atoms with E-state index in [9.17, 15) is 9.90 Å². The second-order valence-corrected chi connectivity index (χ2v) is 5.30. The monoisotopic (exact) mass is 255 g/mol. The standard InChI is InChI=1S/C14H25NO3/c1-6-7-8-9-10-12(16)11(2)15-13(17)18-14(3,4)5/h11-12,16H,6-8H2,1-5H3,(H,15,17). The maximum absolute atomic E-state index is 11.5. The van der Waals surface area contributed by atoms with Crippen molar-refractivity contribution in [3.05, 3.63) is 0 Å². The molecule has 18 heavy (non-hydrogen) atoms. The molecule has 0 heterocycles. The lowest BCUT2D eigenvalue weighted by Gasteiger charge is -2.22. The van der Waals surface area contributed by atoms with Crippen molar-refractivity contribution < 1.29 is 14.6 Å². The van der Waals surface area contributed by atoms with Gasteiger partial charge in [-0.15, -0.1) is 5.92 Å². The summed E-state index contributed by atoms with van der Waals surface area (Å²) in [5, 5.41) is 12.3. The van der Waals surface area contributed by atoms with Crippen LogP contribution in [0.3, 0.4) is 0 Å². The molecule has 2 atom stereocenters. The van der Waals surface area contributed by atoms with Crippen LogP contribution in [0.5, 0.6) is 0 Å². The van der Waals surface area contributed by atoms with Crippen molar-refractivity contribution in [2.24, 2.45) is 0 Å². The molecule has 0 bridgehead atoms. The van der Waals surface area contributed by atoms with E-state index in [2.05, 4.69) is 24.1 Å². The highest BCUT2D eigenvalue weighted by molar-refractivity contribution is 5.68. The van der Waals surface area contributed by atoms with Crippen LogP contribution in [-0.2, 0) is 4.74 Å². The Hall–Kier alpha value is -1.21. The zero-order chi connectivity index (χ0) is 14.2. The average molecular weight is 255 g/mol. The molecule has 0 radical (unpaired) electrons. The number of hydrogen-bond donors (Lipinski definition) is 2. The maximum atomic E-state index is 11.5. The Kier molecular flexibility index (Phi) is 7.45. The van der Waals surface area contributed by atoms with Gasteiger partial charge >= 0.3 is 6.09 Å². The molecule has 4 nitrogen and oxygen atoms in total. The van der Waals surface area contributed by atoms with Crippen LogP contribution in [-0.4, -0.2) is 28.9 Å². The van der Waals surface area contributed by atoms with Crippen LogP contribution in [0.4, 0.5) is 4.79 Å². The van der Waals surface area contributed by atoms with E-state index in [1.165, 1.54) is 0 Å². The third kappa shape index (κ3) is 8.89. The zero-order valence-corrected chi connectivity index (χ0v) is 12.0. The van der Waals surface area contributed by atoms with E-state index in [4.69, 9.17) is 4.74 Å². The van der Waals surface area contributed by atoms with Crippen molar-refractivity contribution in [1.29, 1.82) is 0 Å². The molecule has 0 aliphatic rings. The van der Waals surface area contributed by atoms with E-state index < -0.39 is 23.8 Å². The van der Waals surface area contributed by atoms with Gasteiger partial charge < -0.3 is 15.2 Å². The van der Waals surface area contributed by atoms with Crippen LogP contribution in [0.15, 0.2) is 0 Å². The number of hydrogen-bond acceptors (Lipinski definition) is 3. The van der Waals surface area contributed by atoms with Crippen molar-refractivity contribution >= 4 is 6.09 Å². The summed E-state index contributed by atoms with van der Waals surface area (Å²) in [5.41, 5.74) is -0.540. The van der Waals surface area contributed by atoms with Gasteiger partial charge in [-0.25, -0.2) is 4.79 Å². The molecule has 4 heteroatoms. The molecule has 0 saturated carbocycles. The SMILES string of the molecule is CCCCC#CC(O)C(C)NC(=O)OC(C)(C)C. The first kappa shape index (κ1) is 16.8. The number of carbonyl (C=O) groups excluding carboxylic acids is 1. The smallest absolute Gasteiger partial charge is 0.407 e. The molecular formula is C14H25NO3. The summed E-state index contributed by atoms with van der Waals surface area (Å²) in [5.74, 6) is 5.62. The fourth-order valence-corrected chi connectivity index (χ4v) is 1.14. The first-order valence-electron chi connectivity index (χ1n) is 6.42. The predicted octanol–water partition coefficient (Wildman–Crippen LogP) is 2.45. The molecule has 1 amide bonds. The molecule has 0 aromatic carbocycles. The number of ether oxygens (including phenoxy) is 1. The molecule has 0 aromatic rings. The number of rotatable bonds is 4. The second-order valence-electron chi connectivity index (χ2n) is 5.30. The number of aliphatic hydroxyl groups excluding tert-OH is 1. The van der Waals surface area contributed by atoms with Gasteiger partial charge in [0.25, 0.3) is 0 Å². The van der Waals surface area contributed by atoms with E-state index in [-0.39, 0.29) is 0 Å². The third-order valence-corrected chi connectivity index (χ3v) is 2.12. The molecule has 0 rings (SSSR count). The second kappa shape index (κ2) is 7.99. The molecule has 2 unspecified atom stereocenters. The molecule has 0 aliphatic heterocycles. The summed E-state index contributed by atoms with van der Waals surface area (Å²) in [6.45, 7) is 9.16. The number of aliphatic hydroxyl groups is 1. The van der Waals surface area contributed by atoms with E-state index >= 15 is 0 Å². The van der Waals surface area contributed by atoms with Gasteiger partial charge in [-0.1, -0.05) is 19.3 Å². The lowest BCUT2D eigenvalue weighted by molar-refractivity contribution is 0.0469. The third-order valence-electron chi connectivity index (χ3n) is 2.12. The Morgan fingerprint density at radius 2 is 2.06 bits per heavy atom. The van der Waals surface area contributed by atoms with Gasteiger partial charge in [0.1, 0.15) is 11.7 Å². The lowest BCUT2D eigenvalue weighted by Crippen LogP contribution is -2.43. The Bertz CT molecular complexity index is 309. The molecule has 0 fully saturated rings. The molecule has 0 aliphatic carbocycles. The van der Waals surface area contributed by atoms with Crippen molar-refractivity contribution in [2.75, 3.05) is 0 Å². The largest absolute Gasteiger partial charge is 0.444 e. The van der Waals surface area contributed by atoms with Gasteiger partial charge in [-0.05, 0) is 34.1 Å². The number of nitrogens with one attached hydrogen (secondary N) is 1. The lowest BCUT2D eigenvalue weighted by atomic mass is 10.2. The maximum Gasteiger partial charge on any atom is 0.407 e. The fraction of sp³-hybridized carbons (Fsp3) is 0.786. The van der Waals surface area contributed by atoms with Crippen LogP contribution in [0.2, 0.25) is 0 Å². The Morgan fingerprint density at radius 1 is 1.44 bits per heavy atom. The summed E-state index contributed by atoms with van der Waals surface area (Å²) in [4.78, 5) is 11.5. The zero-order valence-electron chi connectivity index (χ0n) is 12.0. The van der Waals surface area contributed by atoms with Crippen molar-refractivity contribution in [3.63, 3.8) is 0 Å². The van der Waals surface area contributed by atoms with Gasteiger partial charge in [-0.2, -0.15) is 0 Å². The minimum atomic E-state index is -0.866. The normalized spacial score (nSPS) is 14.1. The highest BCUT2D eigenvalue weighted by Gasteiger charge is 2.20. The van der Waals surface area contributed by atoms with Crippen molar-refractivity contribution in [2.45, 2.75) is 71.6 Å². The van der Waals surface area contributed by atoms with Crippen molar-refractivity contribution in [1.82, 2.24) is 5.32 Å². The van der Waals surface area contributed by atoms with Crippen LogP contribution in [0.1, 0.15) is 53.9 Å². The highest BCUT2D eigenvalue weighted by Crippen LogP contribution is 2.07. The number of alkyl carbamates (subject to hydrolysis) is 1. The van der Waals surface area contributed by atoms with E-state index in [1.54, 1.807) is 27.7 Å². The van der Waals surface area contributed by atoms with Crippen LogP contribution in [0, 0.1) is 11.8 Å². The molecule has 104 valence electrons. The molecule has 0 aromatic heterocycles. The minimum Gasteiger partial charge on any atom is -0.444 e. The Balaban J connectivity index is 4.10. The number of unbranched alkanes of at least 4 members (excludes halogenated alkanes) is 2.